The average Bonchev–Trinajstić information content (AvgIpc) is 2.85. The van der Waals surface area contributed by atoms with Crippen molar-refractivity contribution in [2.45, 2.75) is 32.1 Å². The van der Waals surface area contributed by atoms with Gasteiger partial charge in [-0.05, 0) is 30.5 Å². The van der Waals surface area contributed by atoms with Crippen LogP contribution >= 0.6 is 15.9 Å². The van der Waals surface area contributed by atoms with Gasteiger partial charge in [0.2, 0.25) is 0 Å². The molecule has 1 aliphatic carbocycles. The first kappa shape index (κ1) is 13.5. The van der Waals surface area contributed by atoms with Crippen molar-refractivity contribution in [2.75, 3.05) is 6.54 Å². The second-order valence-corrected chi connectivity index (χ2v) is 5.73. The van der Waals surface area contributed by atoms with Gasteiger partial charge in [-0.25, -0.2) is 4.39 Å². The van der Waals surface area contributed by atoms with Crippen molar-refractivity contribution in [3.8, 4) is 0 Å². The van der Waals surface area contributed by atoms with E-state index in [0.717, 1.165) is 12.3 Å². The van der Waals surface area contributed by atoms with Gasteiger partial charge >= 0.3 is 0 Å². The van der Waals surface area contributed by atoms with Crippen molar-refractivity contribution in [2.24, 2.45) is 5.92 Å². The van der Waals surface area contributed by atoms with Crippen LogP contribution in [0.5, 0.6) is 0 Å². The molecule has 1 aliphatic rings. The second-order valence-electron chi connectivity index (χ2n) is 4.82. The number of hydrogen-bond acceptors (Lipinski definition) is 1. The molecule has 1 aromatic carbocycles. The number of rotatable bonds is 4. The Hall–Kier alpha value is -0.900. The summed E-state index contributed by atoms with van der Waals surface area (Å²) in [4.78, 5) is 11.8. The number of carbonyl (C=O) groups is 1. The van der Waals surface area contributed by atoms with E-state index in [1.54, 1.807) is 6.07 Å². The first-order valence-electron chi connectivity index (χ1n) is 6.40. The minimum atomic E-state index is -0.475. The molecule has 2 rings (SSSR count). The van der Waals surface area contributed by atoms with Crippen molar-refractivity contribution < 1.29 is 9.18 Å². The molecule has 18 heavy (non-hydrogen) atoms. The van der Waals surface area contributed by atoms with Gasteiger partial charge < -0.3 is 5.32 Å². The number of benzene rings is 1. The molecule has 0 saturated heterocycles. The van der Waals surface area contributed by atoms with Crippen LogP contribution < -0.4 is 5.32 Å². The van der Waals surface area contributed by atoms with Crippen molar-refractivity contribution >= 4 is 21.8 Å². The van der Waals surface area contributed by atoms with E-state index in [-0.39, 0.29) is 11.5 Å². The van der Waals surface area contributed by atoms with Gasteiger partial charge in [0.1, 0.15) is 5.82 Å². The zero-order chi connectivity index (χ0) is 13.0. The molecular weight excluding hydrogens is 297 g/mol. The Morgan fingerprint density at radius 3 is 2.83 bits per heavy atom. The quantitative estimate of drug-likeness (QED) is 0.897. The molecule has 98 valence electrons. The number of nitrogens with one attached hydrogen (secondary N) is 1. The Bertz CT molecular complexity index is 430. The average molecular weight is 314 g/mol. The highest BCUT2D eigenvalue weighted by atomic mass is 79.9. The lowest BCUT2D eigenvalue weighted by molar-refractivity contribution is 0.0947. The number of hydrogen-bond donors (Lipinski definition) is 1. The molecule has 0 aromatic heterocycles. The predicted molar refractivity (Wildman–Crippen MR) is 73.0 cm³/mol. The van der Waals surface area contributed by atoms with Crippen LogP contribution in [0.3, 0.4) is 0 Å². The summed E-state index contributed by atoms with van der Waals surface area (Å²) in [6, 6.07) is 4.40. The van der Waals surface area contributed by atoms with Crippen LogP contribution in [0.25, 0.3) is 0 Å². The van der Waals surface area contributed by atoms with E-state index in [9.17, 15) is 9.18 Å². The van der Waals surface area contributed by atoms with Gasteiger partial charge in [0.15, 0.2) is 0 Å². The molecule has 1 fully saturated rings. The van der Waals surface area contributed by atoms with Gasteiger partial charge in [-0.15, -0.1) is 0 Å². The fourth-order valence-corrected chi connectivity index (χ4v) is 2.82. The summed E-state index contributed by atoms with van der Waals surface area (Å²) in [7, 11) is 0. The zero-order valence-electron chi connectivity index (χ0n) is 10.2. The third-order valence-electron chi connectivity index (χ3n) is 3.49. The molecule has 0 unspecified atom stereocenters. The summed E-state index contributed by atoms with van der Waals surface area (Å²) >= 11 is 3.24. The van der Waals surface area contributed by atoms with Gasteiger partial charge in [-0.3, -0.25) is 4.79 Å². The lowest BCUT2D eigenvalue weighted by Gasteiger charge is -2.10. The maximum atomic E-state index is 13.5. The summed E-state index contributed by atoms with van der Waals surface area (Å²) in [6.45, 7) is 0.634. The summed E-state index contributed by atoms with van der Waals surface area (Å²) in [6.07, 6.45) is 6.14. The van der Waals surface area contributed by atoms with Crippen LogP contribution in [-0.2, 0) is 0 Å². The number of carbonyl (C=O) groups excluding carboxylic acids is 1. The van der Waals surface area contributed by atoms with Crippen molar-refractivity contribution in [1.82, 2.24) is 5.32 Å². The zero-order valence-corrected chi connectivity index (χ0v) is 11.8. The monoisotopic (exact) mass is 313 g/mol. The molecule has 0 spiro atoms. The van der Waals surface area contributed by atoms with Crippen molar-refractivity contribution in [1.29, 1.82) is 0 Å². The van der Waals surface area contributed by atoms with Crippen molar-refractivity contribution in [3.63, 3.8) is 0 Å². The predicted octanol–water partition coefficient (Wildman–Crippen LogP) is 3.90. The van der Waals surface area contributed by atoms with E-state index < -0.39 is 5.82 Å². The lowest BCUT2D eigenvalue weighted by atomic mass is 10.0. The first-order valence-corrected chi connectivity index (χ1v) is 7.19. The molecular formula is C14H17BrFNO. The fraction of sp³-hybridized carbons (Fsp3) is 0.500. The van der Waals surface area contributed by atoms with Gasteiger partial charge in [0.25, 0.3) is 5.91 Å². The Morgan fingerprint density at radius 2 is 2.11 bits per heavy atom. The van der Waals surface area contributed by atoms with Crippen LogP contribution in [0.1, 0.15) is 42.5 Å². The van der Waals surface area contributed by atoms with Crippen LogP contribution in [0.4, 0.5) is 4.39 Å². The van der Waals surface area contributed by atoms with Gasteiger partial charge in [0.05, 0.1) is 5.56 Å². The Morgan fingerprint density at radius 1 is 1.39 bits per heavy atom. The minimum absolute atomic E-state index is 0.107. The molecule has 1 aromatic rings. The molecule has 1 N–H and O–H groups in total. The highest BCUT2D eigenvalue weighted by Crippen LogP contribution is 2.26. The van der Waals surface area contributed by atoms with E-state index >= 15 is 0 Å². The lowest BCUT2D eigenvalue weighted by Crippen LogP contribution is -2.26. The smallest absolute Gasteiger partial charge is 0.254 e. The first-order chi connectivity index (χ1) is 8.66. The topological polar surface area (TPSA) is 29.1 Å². The molecule has 0 heterocycles. The SMILES string of the molecule is O=C(NCCC1CCCC1)c1cc(Br)ccc1F. The largest absolute Gasteiger partial charge is 0.352 e. The number of halogens is 2. The minimum Gasteiger partial charge on any atom is -0.352 e. The number of amides is 1. The third kappa shape index (κ3) is 3.55. The summed E-state index contributed by atoms with van der Waals surface area (Å²) in [5.74, 6) is -0.0685. The highest BCUT2D eigenvalue weighted by Gasteiger charge is 2.16. The van der Waals surface area contributed by atoms with Crippen LogP contribution in [0.2, 0.25) is 0 Å². The Kier molecular flexibility index (Phi) is 4.75. The maximum Gasteiger partial charge on any atom is 0.254 e. The van der Waals surface area contributed by atoms with E-state index in [0.29, 0.717) is 11.0 Å². The fourth-order valence-electron chi connectivity index (χ4n) is 2.46. The van der Waals surface area contributed by atoms with E-state index in [4.69, 9.17) is 0 Å². The standard InChI is InChI=1S/C14H17BrFNO/c15-11-5-6-13(16)12(9-11)14(18)17-8-7-10-3-1-2-4-10/h5-6,9-10H,1-4,7-8H2,(H,17,18). The molecule has 0 atom stereocenters. The molecule has 1 amide bonds. The molecule has 0 aliphatic heterocycles. The molecule has 1 saturated carbocycles. The van der Waals surface area contributed by atoms with Gasteiger partial charge in [0, 0.05) is 11.0 Å². The van der Waals surface area contributed by atoms with E-state index in [1.807, 2.05) is 0 Å². The Labute approximate surface area is 115 Å². The summed E-state index contributed by atoms with van der Waals surface area (Å²) in [5, 5.41) is 2.79. The normalized spacial score (nSPS) is 15.9. The summed E-state index contributed by atoms with van der Waals surface area (Å²) < 4.78 is 14.2. The second kappa shape index (κ2) is 6.32. The van der Waals surface area contributed by atoms with Crippen LogP contribution in [0.15, 0.2) is 22.7 Å². The van der Waals surface area contributed by atoms with Crippen molar-refractivity contribution in [3.05, 3.63) is 34.1 Å². The molecule has 4 heteroatoms. The molecule has 2 nitrogen and oxygen atoms in total. The van der Waals surface area contributed by atoms with Gasteiger partial charge in [-0.2, -0.15) is 0 Å². The van der Waals surface area contributed by atoms with Crippen LogP contribution in [-0.4, -0.2) is 12.5 Å². The van der Waals surface area contributed by atoms with Crippen LogP contribution in [0, 0.1) is 11.7 Å². The highest BCUT2D eigenvalue weighted by molar-refractivity contribution is 9.10. The molecule has 0 bridgehead atoms. The Balaban J connectivity index is 1.85. The third-order valence-corrected chi connectivity index (χ3v) is 3.98. The maximum absolute atomic E-state index is 13.5. The van der Waals surface area contributed by atoms with E-state index in [2.05, 4.69) is 21.2 Å². The molecule has 0 radical (unpaired) electrons. The van der Waals surface area contributed by atoms with Gasteiger partial charge in [-0.1, -0.05) is 41.6 Å². The van der Waals surface area contributed by atoms with E-state index in [1.165, 1.54) is 37.8 Å². The summed E-state index contributed by atoms with van der Waals surface area (Å²) in [5.41, 5.74) is 0.107.